The number of ether oxygens (including phenoxy) is 5. The van der Waals surface area contributed by atoms with Gasteiger partial charge in [0.15, 0.2) is 11.5 Å². The van der Waals surface area contributed by atoms with Crippen LogP contribution in [-0.2, 0) is 27.5 Å². The zero-order valence-corrected chi connectivity index (χ0v) is 18.7. The SMILES string of the molecule is COc1cc(COC(=O)[C@@H]2CCCCN2C(=O)OCc2ccccc2)cc(OC)c1OC. The molecule has 0 spiro atoms. The Hall–Kier alpha value is -3.42. The van der Waals surface area contributed by atoms with Crippen LogP contribution in [0.15, 0.2) is 42.5 Å². The molecule has 32 heavy (non-hydrogen) atoms. The number of hydrogen-bond acceptors (Lipinski definition) is 7. The summed E-state index contributed by atoms with van der Waals surface area (Å²) in [6.07, 6.45) is 1.68. The summed E-state index contributed by atoms with van der Waals surface area (Å²) in [4.78, 5) is 26.9. The molecule has 8 nitrogen and oxygen atoms in total. The van der Waals surface area contributed by atoms with E-state index < -0.39 is 18.1 Å². The molecule has 172 valence electrons. The first-order chi connectivity index (χ1) is 15.6. The van der Waals surface area contributed by atoms with Crippen LogP contribution in [0.4, 0.5) is 4.79 Å². The fourth-order valence-corrected chi connectivity index (χ4v) is 3.67. The van der Waals surface area contributed by atoms with Crippen molar-refractivity contribution >= 4 is 12.1 Å². The van der Waals surface area contributed by atoms with E-state index in [-0.39, 0.29) is 13.2 Å². The van der Waals surface area contributed by atoms with Gasteiger partial charge in [0.25, 0.3) is 0 Å². The zero-order valence-electron chi connectivity index (χ0n) is 18.7. The summed E-state index contributed by atoms with van der Waals surface area (Å²) in [5.41, 5.74) is 1.57. The van der Waals surface area contributed by atoms with E-state index >= 15 is 0 Å². The molecule has 1 atom stereocenters. The van der Waals surface area contributed by atoms with Crippen molar-refractivity contribution in [1.29, 1.82) is 0 Å². The van der Waals surface area contributed by atoms with Gasteiger partial charge < -0.3 is 23.7 Å². The molecule has 1 fully saturated rings. The molecule has 1 aliphatic heterocycles. The number of rotatable bonds is 8. The van der Waals surface area contributed by atoms with E-state index in [2.05, 4.69) is 0 Å². The van der Waals surface area contributed by atoms with Crippen LogP contribution in [0.3, 0.4) is 0 Å². The Morgan fingerprint density at radius 2 is 1.53 bits per heavy atom. The monoisotopic (exact) mass is 443 g/mol. The van der Waals surface area contributed by atoms with Crippen molar-refractivity contribution in [2.24, 2.45) is 0 Å². The summed E-state index contributed by atoms with van der Waals surface area (Å²) in [5, 5.41) is 0. The Bertz CT molecular complexity index is 891. The summed E-state index contributed by atoms with van der Waals surface area (Å²) in [5.74, 6) is 0.947. The maximum absolute atomic E-state index is 12.8. The Morgan fingerprint density at radius 1 is 0.875 bits per heavy atom. The number of nitrogens with zero attached hydrogens (tertiary/aromatic N) is 1. The summed E-state index contributed by atoms with van der Waals surface area (Å²) in [6.45, 7) is 0.625. The lowest BCUT2D eigenvalue weighted by atomic mass is 10.0. The second-order valence-electron chi connectivity index (χ2n) is 7.39. The van der Waals surface area contributed by atoms with Crippen LogP contribution in [0.5, 0.6) is 17.2 Å². The van der Waals surface area contributed by atoms with E-state index in [1.165, 1.54) is 26.2 Å². The second kappa shape index (κ2) is 11.3. The van der Waals surface area contributed by atoms with Gasteiger partial charge in [0.05, 0.1) is 21.3 Å². The summed E-state index contributed by atoms with van der Waals surface area (Å²) >= 11 is 0. The average Bonchev–Trinajstić information content (AvgIpc) is 2.85. The van der Waals surface area contributed by atoms with Crippen LogP contribution in [0.1, 0.15) is 30.4 Å². The van der Waals surface area contributed by atoms with E-state index in [1.807, 2.05) is 30.3 Å². The van der Waals surface area contributed by atoms with Crippen LogP contribution < -0.4 is 14.2 Å². The molecule has 0 bridgehead atoms. The number of benzene rings is 2. The fraction of sp³-hybridized carbons (Fsp3) is 0.417. The van der Waals surface area contributed by atoms with Crippen molar-refractivity contribution in [3.05, 3.63) is 53.6 Å². The number of likely N-dealkylation sites (tertiary alicyclic amines) is 1. The van der Waals surface area contributed by atoms with E-state index in [9.17, 15) is 9.59 Å². The number of carbonyl (C=O) groups excluding carboxylic acids is 2. The predicted octanol–water partition coefficient (Wildman–Crippen LogP) is 3.95. The molecule has 0 unspecified atom stereocenters. The molecule has 0 N–H and O–H groups in total. The zero-order chi connectivity index (χ0) is 22.9. The number of esters is 1. The highest BCUT2D eigenvalue weighted by atomic mass is 16.6. The van der Waals surface area contributed by atoms with Gasteiger partial charge in [0.1, 0.15) is 19.3 Å². The normalized spacial score (nSPS) is 15.6. The van der Waals surface area contributed by atoms with Gasteiger partial charge in [0.2, 0.25) is 5.75 Å². The Balaban J connectivity index is 1.63. The smallest absolute Gasteiger partial charge is 0.410 e. The molecule has 1 saturated heterocycles. The van der Waals surface area contributed by atoms with Crippen LogP contribution in [0.2, 0.25) is 0 Å². The van der Waals surface area contributed by atoms with E-state index in [0.29, 0.717) is 35.8 Å². The molecule has 1 heterocycles. The Kier molecular flexibility index (Phi) is 8.19. The first kappa shape index (κ1) is 23.2. The van der Waals surface area contributed by atoms with Gasteiger partial charge in [-0.05, 0) is 42.5 Å². The summed E-state index contributed by atoms with van der Waals surface area (Å²) < 4.78 is 27.0. The minimum atomic E-state index is -0.672. The molecule has 0 radical (unpaired) electrons. The van der Waals surface area contributed by atoms with E-state index in [4.69, 9.17) is 23.7 Å². The Morgan fingerprint density at radius 3 is 2.16 bits per heavy atom. The molecule has 8 heteroatoms. The molecule has 3 rings (SSSR count). The fourth-order valence-electron chi connectivity index (χ4n) is 3.67. The van der Waals surface area contributed by atoms with Crippen LogP contribution in [0.25, 0.3) is 0 Å². The quantitative estimate of drug-likeness (QED) is 0.571. The number of carbonyl (C=O) groups is 2. The van der Waals surface area contributed by atoms with Crippen LogP contribution in [0, 0.1) is 0 Å². The molecule has 1 aliphatic rings. The largest absolute Gasteiger partial charge is 0.493 e. The van der Waals surface area contributed by atoms with Crippen molar-refractivity contribution < 1.29 is 33.3 Å². The first-order valence-corrected chi connectivity index (χ1v) is 10.5. The van der Waals surface area contributed by atoms with Crippen molar-refractivity contribution in [2.75, 3.05) is 27.9 Å². The van der Waals surface area contributed by atoms with E-state index in [0.717, 1.165) is 18.4 Å². The van der Waals surface area contributed by atoms with Gasteiger partial charge in [-0.3, -0.25) is 4.90 Å². The average molecular weight is 443 g/mol. The van der Waals surface area contributed by atoms with Crippen LogP contribution in [-0.4, -0.2) is 50.9 Å². The third-order valence-electron chi connectivity index (χ3n) is 5.32. The minimum Gasteiger partial charge on any atom is -0.493 e. The third kappa shape index (κ3) is 5.63. The molecular formula is C24H29NO7. The highest BCUT2D eigenvalue weighted by molar-refractivity contribution is 5.81. The lowest BCUT2D eigenvalue weighted by Crippen LogP contribution is -2.48. The highest BCUT2D eigenvalue weighted by Crippen LogP contribution is 2.38. The highest BCUT2D eigenvalue weighted by Gasteiger charge is 2.34. The number of amides is 1. The summed E-state index contributed by atoms with van der Waals surface area (Å²) in [7, 11) is 4.57. The number of methoxy groups -OCH3 is 3. The van der Waals surface area contributed by atoms with Gasteiger partial charge in [-0.1, -0.05) is 30.3 Å². The van der Waals surface area contributed by atoms with Gasteiger partial charge in [-0.2, -0.15) is 0 Å². The van der Waals surface area contributed by atoms with Gasteiger partial charge in [-0.25, -0.2) is 9.59 Å². The maximum atomic E-state index is 12.8. The van der Waals surface area contributed by atoms with Gasteiger partial charge in [-0.15, -0.1) is 0 Å². The second-order valence-corrected chi connectivity index (χ2v) is 7.39. The minimum absolute atomic E-state index is 0.0128. The van der Waals surface area contributed by atoms with Gasteiger partial charge >= 0.3 is 12.1 Å². The maximum Gasteiger partial charge on any atom is 0.410 e. The lowest BCUT2D eigenvalue weighted by Gasteiger charge is -2.33. The number of piperidine rings is 1. The molecule has 0 aromatic heterocycles. The summed E-state index contributed by atoms with van der Waals surface area (Å²) in [6, 6.07) is 12.2. The van der Waals surface area contributed by atoms with E-state index in [1.54, 1.807) is 12.1 Å². The molecule has 0 saturated carbocycles. The lowest BCUT2D eigenvalue weighted by molar-refractivity contribution is -0.152. The van der Waals surface area contributed by atoms with Crippen molar-refractivity contribution in [2.45, 2.75) is 38.5 Å². The van der Waals surface area contributed by atoms with Crippen LogP contribution >= 0.6 is 0 Å². The van der Waals surface area contributed by atoms with Crippen molar-refractivity contribution in [3.8, 4) is 17.2 Å². The first-order valence-electron chi connectivity index (χ1n) is 10.5. The van der Waals surface area contributed by atoms with Crippen molar-refractivity contribution in [1.82, 2.24) is 4.90 Å². The van der Waals surface area contributed by atoms with Crippen molar-refractivity contribution in [3.63, 3.8) is 0 Å². The molecule has 2 aromatic carbocycles. The van der Waals surface area contributed by atoms with Gasteiger partial charge in [0, 0.05) is 6.54 Å². The third-order valence-corrected chi connectivity index (χ3v) is 5.32. The molecule has 1 amide bonds. The molecule has 0 aliphatic carbocycles. The number of hydrogen-bond donors (Lipinski definition) is 0. The topological polar surface area (TPSA) is 83.5 Å². The predicted molar refractivity (Wildman–Crippen MR) is 117 cm³/mol. The standard InChI is InChI=1S/C24H29NO7/c1-28-20-13-18(14-21(29-2)22(20)30-3)16-31-23(26)19-11-7-8-12-25(19)24(27)32-15-17-9-5-4-6-10-17/h4-6,9-10,13-14,19H,7-8,11-12,15-16H2,1-3H3/t19-/m0/s1. The molecule has 2 aromatic rings. The molecular weight excluding hydrogens is 414 g/mol. The Labute approximate surface area is 188 Å².